The number of nitrogens with zero attached hydrogens (tertiary/aromatic N) is 1. The Labute approximate surface area is 118 Å². The number of rotatable bonds is 3. The van der Waals surface area contributed by atoms with Gasteiger partial charge in [-0.25, -0.2) is 0 Å². The van der Waals surface area contributed by atoms with Gasteiger partial charge in [0.05, 0.1) is 18.1 Å². The van der Waals surface area contributed by atoms with Crippen LogP contribution in [0.25, 0.3) is 0 Å². The molecule has 1 aromatic heterocycles. The number of benzene rings is 1. The zero-order valence-electron chi connectivity index (χ0n) is 9.69. The van der Waals surface area contributed by atoms with Crippen molar-refractivity contribution in [2.45, 2.75) is 6.54 Å². The summed E-state index contributed by atoms with van der Waals surface area (Å²) in [6, 6.07) is 6.95. The maximum Gasteiger partial charge on any atom is 0.255 e. The molecule has 3 nitrogen and oxygen atoms in total. The molecular weight excluding hydrogens is 318 g/mol. The minimum absolute atomic E-state index is 0.0697. The van der Waals surface area contributed by atoms with Crippen molar-refractivity contribution in [2.24, 2.45) is 0 Å². The monoisotopic (exact) mass is 327 g/mol. The van der Waals surface area contributed by atoms with Gasteiger partial charge in [0.1, 0.15) is 0 Å². The Morgan fingerprint density at radius 3 is 2.83 bits per heavy atom. The Hall–Kier alpha value is -1.26. The summed E-state index contributed by atoms with van der Waals surface area (Å²) in [6.45, 7) is 0.504. The average molecular weight is 329 g/mol. The maximum absolute atomic E-state index is 12.2. The molecule has 0 saturated carbocycles. The summed E-state index contributed by atoms with van der Waals surface area (Å²) in [5, 5.41) is 0.593. The van der Waals surface area contributed by atoms with Crippen molar-refractivity contribution in [3.05, 3.63) is 57.4 Å². The molecule has 0 N–H and O–H groups in total. The molecule has 0 radical (unpaired) electrons. The molecule has 1 heterocycles. The van der Waals surface area contributed by atoms with Crippen LogP contribution in [-0.2, 0) is 6.54 Å². The molecule has 0 atom stereocenters. The Bertz CT molecular complexity index is 554. The number of hydrogen-bond acceptors (Lipinski definition) is 2. The first-order valence-corrected chi connectivity index (χ1v) is 6.46. The van der Waals surface area contributed by atoms with Crippen LogP contribution in [0.1, 0.15) is 15.9 Å². The quantitative estimate of drug-likeness (QED) is 0.854. The van der Waals surface area contributed by atoms with Crippen molar-refractivity contribution >= 4 is 33.4 Å². The van der Waals surface area contributed by atoms with Crippen LogP contribution in [0, 0.1) is 0 Å². The summed E-state index contributed by atoms with van der Waals surface area (Å²) in [6.07, 6.45) is 3.21. The molecule has 0 spiro atoms. The zero-order chi connectivity index (χ0) is 13.1. The number of hydrogen-bond donors (Lipinski definition) is 0. The first-order valence-electron chi connectivity index (χ1n) is 5.29. The van der Waals surface area contributed by atoms with Crippen LogP contribution in [0.3, 0.4) is 0 Å². The maximum atomic E-state index is 12.2. The molecule has 0 bridgehead atoms. The molecule has 0 aliphatic rings. The third-order valence-corrected chi connectivity index (χ3v) is 3.40. The third kappa shape index (κ3) is 2.94. The van der Waals surface area contributed by atoms with Gasteiger partial charge in [-0.3, -0.25) is 4.79 Å². The van der Waals surface area contributed by atoms with Gasteiger partial charge in [0.15, 0.2) is 0 Å². The van der Waals surface area contributed by atoms with Gasteiger partial charge in [-0.05, 0) is 40.2 Å². The van der Waals surface area contributed by atoms with Gasteiger partial charge in [-0.15, -0.1) is 0 Å². The van der Waals surface area contributed by atoms with E-state index in [1.54, 1.807) is 42.7 Å². The largest absolute Gasteiger partial charge is 0.472 e. The molecule has 1 aromatic carbocycles. The van der Waals surface area contributed by atoms with Crippen molar-refractivity contribution in [3.63, 3.8) is 0 Å². The third-order valence-electron chi connectivity index (χ3n) is 2.51. The molecule has 18 heavy (non-hydrogen) atoms. The second-order valence-electron chi connectivity index (χ2n) is 3.92. The minimum Gasteiger partial charge on any atom is -0.472 e. The highest BCUT2D eigenvalue weighted by Gasteiger charge is 2.15. The van der Waals surface area contributed by atoms with Crippen LogP contribution in [0.15, 0.2) is 45.7 Å². The number of carbonyl (C=O) groups is 1. The fourth-order valence-corrected chi connectivity index (χ4v) is 2.45. The van der Waals surface area contributed by atoms with E-state index in [1.165, 1.54) is 0 Å². The fraction of sp³-hybridized carbons (Fsp3) is 0.154. The highest BCUT2D eigenvalue weighted by atomic mass is 79.9. The number of furan rings is 1. The van der Waals surface area contributed by atoms with Crippen LogP contribution < -0.4 is 0 Å². The summed E-state index contributed by atoms with van der Waals surface area (Å²) >= 11 is 9.19. The molecule has 0 fully saturated rings. The SMILES string of the molecule is CN(Cc1ccoc1)C(=O)c1ccc(Cl)cc1Br. The first-order chi connectivity index (χ1) is 8.58. The van der Waals surface area contributed by atoms with Crippen molar-refractivity contribution in [1.29, 1.82) is 0 Å². The number of halogens is 2. The average Bonchev–Trinajstić information content (AvgIpc) is 2.81. The lowest BCUT2D eigenvalue weighted by molar-refractivity contribution is 0.0784. The van der Waals surface area contributed by atoms with E-state index in [9.17, 15) is 4.79 Å². The Morgan fingerprint density at radius 2 is 2.22 bits per heavy atom. The van der Waals surface area contributed by atoms with Crippen LogP contribution in [0.4, 0.5) is 0 Å². The van der Waals surface area contributed by atoms with Gasteiger partial charge in [0.25, 0.3) is 5.91 Å². The van der Waals surface area contributed by atoms with Crippen LogP contribution in [0.5, 0.6) is 0 Å². The predicted molar refractivity (Wildman–Crippen MR) is 73.7 cm³/mol. The summed E-state index contributed by atoms with van der Waals surface area (Å²) in [5.41, 5.74) is 1.54. The highest BCUT2D eigenvalue weighted by molar-refractivity contribution is 9.10. The summed E-state index contributed by atoms with van der Waals surface area (Å²) in [7, 11) is 1.75. The lowest BCUT2D eigenvalue weighted by atomic mass is 10.2. The number of carbonyl (C=O) groups excluding carboxylic acids is 1. The molecule has 0 saturated heterocycles. The first kappa shape index (κ1) is 13.2. The lowest BCUT2D eigenvalue weighted by Crippen LogP contribution is -2.26. The van der Waals surface area contributed by atoms with Crippen molar-refractivity contribution in [3.8, 4) is 0 Å². The zero-order valence-corrected chi connectivity index (χ0v) is 12.0. The van der Waals surface area contributed by atoms with Crippen molar-refractivity contribution in [2.75, 3.05) is 7.05 Å². The molecule has 0 unspecified atom stereocenters. The molecule has 94 valence electrons. The van der Waals surface area contributed by atoms with E-state index in [2.05, 4.69) is 15.9 Å². The van der Waals surface area contributed by atoms with E-state index in [0.717, 1.165) is 5.56 Å². The van der Waals surface area contributed by atoms with E-state index in [4.69, 9.17) is 16.0 Å². The van der Waals surface area contributed by atoms with Gasteiger partial charge >= 0.3 is 0 Å². The van der Waals surface area contributed by atoms with Gasteiger partial charge in [0.2, 0.25) is 0 Å². The smallest absolute Gasteiger partial charge is 0.255 e. The normalized spacial score (nSPS) is 10.4. The van der Waals surface area contributed by atoms with E-state index in [1.807, 2.05) is 6.07 Å². The molecule has 0 aliphatic heterocycles. The second kappa shape index (κ2) is 5.59. The van der Waals surface area contributed by atoms with E-state index >= 15 is 0 Å². The Kier molecular flexibility index (Phi) is 4.09. The Balaban J connectivity index is 2.15. The van der Waals surface area contributed by atoms with Crippen molar-refractivity contribution < 1.29 is 9.21 Å². The summed E-state index contributed by atoms with van der Waals surface area (Å²) in [4.78, 5) is 13.8. The fourth-order valence-electron chi connectivity index (χ4n) is 1.60. The molecule has 0 aliphatic carbocycles. The molecular formula is C13H11BrClNO2. The van der Waals surface area contributed by atoms with E-state index in [-0.39, 0.29) is 5.91 Å². The van der Waals surface area contributed by atoms with Gasteiger partial charge in [-0.1, -0.05) is 11.6 Å². The van der Waals surface area contributed by atoms with Crippen LogP contribution in [0.2, 0.25) is 5.02 Å². The molecule has 2 aromatic rings. The highest BCUT2D eigenvalue weighted by Crippen LogP contribution is 2.23. The lowest BCUT2D eigenvalue weighted by Gasteiger charge is -2.17. The van der Waals surface area contributed by atoms with Gasteiger partial charge in [-0.2, -0.15) is 0 Å². The van der Waals surface area contributed by atoms with Gasteiger partial charge < -0.3 is 9.32 Å². The molecule has 2 rings (SSSR count). The number of amides is 1. The second-order valence-corrected chi connectivity index (χ2v) is 5.21. The van der Waals surface area contributed by atoms with Gasteiger partial charge in [0, 0.05) is 28.7 Å². The predicted octanol–water partition coefficient (Wildman–Crippen LogP) is 3.97. The standard InChI is InChI=1S/C13H11BrClNO2/c1-16(7-9-4-5-18-8-9)13(17)11-3-2-10(15)6-12(11)14/h2-6,8H,7H2,1H3. The minimum atomic E-state index is -0.0697. The Morgan fingerprint density at radius 1 is 1.44 bits per heavy atom. The topological polar surface area (TPSA) is 33.5 Å². The van der Waals surface area contributed by atoms with E-state index < -0.39 is 0 Å². The van der Waals surface area contributed by atoms with Crippen LogP contribution in [-0.4, -0.2) is 17.9 Å². The molecule has 1 amide bonds. The van der Waals surface area contributed by atoms with E-state index in [0.29, 0.717) is 21.6 Å². The van der Waals surface area contributed by atoms with Crippen LogP contribution >= 0.6 is 27.5 Å². The molecule has 5 heteroatoms. The summed E-state index contributed by atoms with van der Waals surface area (Å²) in [5.74, 6) is -0.0697. The summed E-state index contributed by atoms with van der Waals surface area (Å²) < 4.78 is 5.67. The van der Waals surface area contributed by atoms with Crippen molar-refractivity contribution in [1.82, 2.24) is 4.90 Å².